The zero-order valence-corrected chi connectivity index (χ0v) is 11.1. The van der Waals surface area contributed by atoms with Gasteiger partial charge in [0.2, 0.25) is 0 Å². The van der Waals surface area contributed by atoms with E-state index in [2.05, 4.69) is 16.0 Å². The first-order valence-electron chi connectivity index (χ1n) is 6.13. The standard InChI is InChI=1S/C13H19N3O3/c1-3-14-13(19)16-11-6-4-5-10(9(11)2)12(18)15-7-8-17/h4-6,17H,3,7-8H2,1-2H3,(H,15,18)(H2,14,16,19). The fourth-order valence-corrected chi connectivity index (χ4v) is 1.61. The molecular weight excluding hydrogens is 246 g/mol. The van der Waals surface area contributed by atoms with E-state index in [4.69, 9.17) is 5.11 Å². The van der Waals surface area contributed by atoms with Crippen LogP contribution in [0.25, 0.3) is 0 Å². The molecule has 0 spiro atoms. The molecule has 4 N–H and O–H groups in total. The van der Waals surface area contributed by atoms with E-state index >= 15 is 0 Å². The van der Waals surface area contributed by atoms with Gasteiger partial charge in [0.1, 0.15) is 0 Å². The third-order valence-corrected chi connectivity index (χ3v) is 2.56. The van der Waals surface area contributed by atoms with Crippen LogP contribution in [0.3, 0.4) is 0 Å². The number of hydrogen-bond acceptors (Lipinski definition) is 3. The lowest BCUT2D eigenvalue weighted by atomic mass is 10.1. The zero-order valence-electron chi connectivity index (χ0n) is 11.1. The zero-order chi connectivity index (χ0) is 14.3. The molecule has 0 heterocycles. The summed E-state index contributed by atoms with van der Waals surface area (Å²) in [6.07, 6.45) is 0. The molecule has 104 valence electrons. The van der Waals surface area contributed by atoms with Gasteiger partial charge in [-0.05, 0) is 31.5 Å². The Balaban J connectivity index is 2.85. The Hall–Kier alpha value is -2.08. The van der Waals surface area contributed by atoms with Crippen molar-refractivity contribution >= 4 is 17.6 Å². The summed E-state index contributed by atoms with van der Waals surface area (Å²) in [6, 6.07) is 4.79. The molecular formula is C13H19N3O3. The number of carbonyl (C=O) groups excluding carboxylic acids is 2. The average molecular weight is 265 g/mol. The molecule has 1 aromatic carbocycles. The number of benzene rings is 1. The van der Waals surface area contributed by atoms with Crippen LogP contribution in [0.2, 0.25) is 0 Å². The molecule has 0 fully saturated rings. The molecule has 0 saturated carbocycles. The van der Waals surface area contributed by atoms with Gasteiger partial charge < -0.3 is 21.1 Å². The van der Waals surface area contributed by atoms with Gasteiger partial charge in [-0.25, -0.2) is 4.79 Å². The molecule has 0 aliphatic carbocycles. The van der Waals surface area contributed by atoms with Gasteiger partial charge in [0, 0.05) is 24.3 Å². The largest absolute Gasteiger partial charge is 0.395 e. The van der Waals surface area contributed by atoms with Crippen LogP contribution in [0.15, 0.2) is 18.2 Å². The smallest absolute Gasteiger partial charge is 0.319 e. The van der Waals surface area contributed by atoms with Gasteiger partial charge in [-0.1, -0.05) is 6.07 Å². The summed E-state index contributed by atoms with van der Waals surface area (Å²) < 4.78 is 0. The normalized spacial score (nSPS) is 9.84. The van der Waals surface area contributed by atoms with Crippen molar-refractivity contribution in [1.29, 1.82) is 0 Å². The molecule has 0 unspecified atom stereocenters. The van der Waals surface area contributed by atoms with Crippen LogP contribution in [0.4, 0.5) is 10.5 Å². The Kier molecular flexibility index (Phi) is 5.81. The van der Waals surface area contributed by atoms with Gasteiger partial charge >= 0.3 is 6.03 Å². The minimum Gasteiger partial charge on any atom is -0.395 e. The highest BCUT2D eigenvalue weighted by Gasteiger charge is 2.12. The lowest BCUT2D eigenvalue weighted by Gasteiger charge is -2.12. The molecule has 0 aliphatic rings. The second-order valence-electron chi connectivity index (χ2n) is 3.94. The minimum atomic E-state index is -0.307. The summed E-state index contributed by atoms with van der Waals surface area (Å²) in [6.45, 7) is 4.20. The fourth-order valence-electron chi connectivity index (χ4n) is 1.61. The lowest BCUT2D eigenvalue weighted by Crippen LogP contribution is -2.30. The summed E-state index contributed by atoms with van der Waals surface area (Å²) in [7, 11) is 0. The quantitative estimate of drug-likeness (QED) is 0.636. The van der Waals surface area contributed by atoms with Crippen LogP contribution in [0, 0.1) is 6.92 Å². The van der Waals surface area contributed by atoms with Crippen molar-refractivity contribution in [2.45, 2.75) is 13.8 Å². The second-order valence-corrected chi connectivity index (χ2v) is 3.94. The van der Waals surface area contributed by atoms with Crippen LogP contribution in [0.1, 0.15) is 22.8 Å². The van der Waals surface area contributed by atoms with E-state index in [0.717, 1.165) is 0 Å². The lowest BCUT2D eigenvalue weighted by molar-refractivity contribution is 0.0944. The summed E-state index contributed by atoms with van der Waals surface area (Å²) in [5.74, 6) is -0.272. The molecule has 0 aliphatic heterocycles. The van der Waals surface area contributed by atoms with Crippen LogP contribution in [-0.4, -0.2) is 36.7 Å². The highest BCUT2D eigenvalue weighted by Crippen LogP contribution is 2.18. The Morgan fingerprint density at radius 1 is 1.26 bits per heavy atom. The molecule has 1 rings (SSSR count). The van der Waals surface area contributed by atoms with E-state index in [1.54, 1.807) is 25.1 Å². The van der Waals surface area contributed by atoms with E-state index in [-0.39, 0.29) is 25.1 Å². The number of amides is 3. The topological polar surface area (TPSA) is 90.5 Å². The van der Waals surface area contributed by atoms with E-state index in [0.29, 0.717) is 23.4 Å². The van der Waals surface area contributed by atoms with Crippen molar-refractivity contribution in [2.24, 2.45) is 0 Å². The number of aliphatic hydroxyl groups is 1. The molecule has 6 heteroatoms. The highest BCUT2D eigenvalue weighted by atomic mass is 16.3. The predicted molar refractivity (Wildman–Crippen MR) is 73.3 cm³/mol. The Bertz CT molecular complexity index is 460. The molecule has 0 atom stereocenters. The molecule has 6 nitrogen and oxygen atoms in total. The number of aliphatic hydroxyl groups excluding tert-OH is 1. The molecule has 3 amide bonds. The molecule has 0 saturated heterocycles. The van der Waals surface area contributed by atoms with Gasteiger partial charge in [0.25, 0.3) is 5.91 Å². The maximum absolute atomic E-state index is 11.8. The number of anilines is 1. The SMILES string of the molecule is CCNC(=O)Nc1cccc(C(=O)NCCO)c1C. The average Bonchev–Trinajstić information content (AvgIpc) is 2.38. The van der Waals surface area contributed by atoms with Crippen molar-refractivity contribution in [3.63, 3.8) is 0 Å². The third kappa shape index (κ3) is 4.26. The molecule has 19 heavy (non-hydrogen) atoms. The number of hydrogen-bond donors (Lipinski definition) is 4. The summed E-state index contributed by atoms with van der Waals surface area (Å²) in [5, 5.41) is 16.6. The molecule has 0 bridgehead atoms. The maximum atomic E-state index is 11.8. The van der Waals surface area contributed by atoms with Crippen molar-refractivity contribution in [3.05, 3.63) is 29.3 Å². The first-order valence-corrected chi connectivity index (χ1v) is 6.13. The van der Waals surface area contributed by atoms with Crippen LogP contribution < -0.4 is 16.0 Å². The van der Waals surface area contributed by atoms with Gasteiger partial charge in [-0.2, -0.15) is 0 Å². The summed E-state index contributed by atoms with van der Waals surface area (Å²) >= 11 is 0. The molecule has 1 aromatic rings. The number of nitrogens with one attached hydrogen (secondary N) is 3. The first kappa shape index (κ1) is 15.0. The second kappa shape index (κ2) is 7.38. The Morgan fingerprint density at radius 2 is 2.00 bits per heavy atom. The van der Waals surface area contributed by atoms with Gasteiger partial charge in [0.05, 0.1) is 6.61 Å². The summed E-state index contributed by atoms with van der Waals surface area (Å²) in [4.78, 5) is 23.3. The monoisotopic (exact) mass is 265 g/mol. The Labute approximate surface area is 112 Å². The van der Waals surface area contributed by atoms with E-state index < -0.39 is 0 Å². The fraction of sp³-hybridized carbons (Fsp3) is 0.385. The van der Waals surface area contributed by atoms with Crippen LogP contribution in [-0.2, 0) is 0 Å². The van der Waals surface area contributed by atoms with Crippen LogP contribution >= 0.6 is 0 Å². The molecule has 0 radical (unpaired) electrons. The maximum Gasteiger partial charge on any atom is 0.319 e. The predicted octanol–water partition coefficient (Wildman–Crippen LogP) is 0.859. The van der Waals surface area contributed by atoms with Crippen molar-refractivity contribution in [3.8, 4) is 0 Å². The third-order valence-electron chi connectivity index (χ3n) is 2.56. The van der Waals surface area contributed by atoms with Crippen LogP contribution in [0.5, 0.6) is 0 Å². The van der Waals surface area contributed by atoms with Gasteiger partial charge in [-0.15, -0.1) is 0 Å². The van der Waals surface area contributed by atoms with Crippen molar-refractivity contribution < 1.29 is 14.7 Å². The Morgan fingerprint density at radius 3 is 2.63 bits per heavy atom. The van der Waals surface area contributed by atoms with E-state index in [1.807, 2.05) is 6.92 Å². The number of urea groups is 1. The van der Waals surface area contributed by atoms with Gasteiger partial charge in [-0.3, -0.25) is 4.79 Å². The molecule has 0 aromatic heterocycles. The number of carbonyl (C=O) groups is 2. The minimum absolute atomic E-state index is 0.109. The van der Waals surface area contributed by atoms with E-state index in [1.165, 1.54) is 0 Å². The highest BCUT2D eigenvalue weighted by molar-refractivity contribution is 5.99. The first-order chi connectivity index (χ1) is 9.10. The number of rotatable bonds is 5. The van der Waals surface area contributed by atoms with Crippen molar-refractivity contribution in [1.82, 2.24) is 10.6 Å². The van der Waals surface area contributed by atoms with E-state index in [9.17, 15) is 9.59 Å². The summed E-state index contributed by atoms with van der Waals surface area (Å²) in [5.41, 5.74) is 1.74. The van der Waals surface area contributed by atoms with Crippen molar-refractivity contribution in [2.75, 3.05) is 25.0 Å². The van der Waals surface area contributed by atoms with Gasteiger partial charge in [0.15, 0.2) is 0 Å².